The maximum Gasteiger partial charge on any atom is 0.407 e. The Morgan fingerprint density at radius 3 is 2.52 bits per heavy atom. The number of hydrogen-bond donors (Lipinski definition) is 2. The molecular weight excluding hydrogens is 431 g/mol. The Balaban J connectivity index is 1.32. The molecule has 1 aromatic carbocycles. The van der Waals surface area contributed by atoms with Crippen molar-refractivity contribution in [2.45, 2.75) is 89.3 Å². The van der Waals surface area contributed by atoms with Crippen LogP contribution in [-0.2, 0) is 14.9 Å². The molecule has 9 heteroatoms. The minimum absolute atomic E-state index is 0.0623. The number of carbonyl (C=O) groups excluding carboxylic acids is 2. The maximum atomic E-state index is 15.7. The standard InChI is InChI=1S/C24H31FN2O6/c1-12-15-16(24(8-9-24)11-26-20(15)28)17(25)19-18(12)31-23(5,32-19)14-7-6-13(10-30-14)27-21(29)33-22(2,3)4/h13-14H,6-11H2,1-5H3,(H,26,28)(H,27,29)/t13-,14+,23?/m1/s1. The number of halogens is 1. The van der Waals surface area contributed by atoms with Crippen molar-refractivity contribution in [1.82, 2.24) is 10.6 Å². The van der Waals surface area contributed by atoms with Crippen LogP contribution in [0, 0.1) is 12.7 Å². The first-order valence-corrected chi connectivity index (χ1v) is 11.6. The van der Waals surface area contributed by atoms with E-state index in [-0.39, 0.29) is 35.5 Å². The van der Waals surface area contributed by atoms with Gasteiger partial charge in [-0.1, -0.05) is 0 Å². The van der Waals surface area contributed by atoms with Gasteiger partial charge in [0, 0.05) is 30.0 Å². The summed E-state index contributed by atoms with van der Waals surface area (Å²) in [7, 11) is 0. The molecule has 2 N–H and O–H groups in total. The number of ether oxygens (including phenoxy) is 4. The van der Waals surface area contributed by atoms with Crippen LogP contribution in [0.15, 0.2) is 0 Å². The smallest absolute Gasteiger partial charge is 0.407 e. The van der Waals surface area contributed by atoms with Crippen LogP contribution in [-0.4, -0.2) is 48.7 Å². The quantitative estimate of drug-likeness (QED) is 0.699. The molecule has 1 aromatic rings. The summed E-state index contributed by atoms with van der Waals surface area (Å²) in [5, 5.41) is 5.72. The molecule has 3 atom stereocenters. The highest BCUT2D eigenvalue weighted by molar-refractivity contribution is 6.00. The van der Waals surface area contributed by atoms with E-state index in [1.54, 1.807) is 34.6 Å². The summed E-state index contributed by atoms with van der Waals surface area (Å²) in [6.45, 7) is 9.62. The summed E-state index contributed by atoms with van der Waals surface area (Å²) in [5.74, 6) is -1.68. The molecular formula is C24H31FN2O6. The third-order valence-corrected chi connectivity index (χ3v) is 6.98. The molecule has 5 rings (SSSR count). The number of rotatable bonds is 2. The Hall–Kier alpha value is -2.55. The lowest BCUT2D eigenvalue weighted by Gasteiger charge is -2.37. The third kappa shape index (κ3) is 3.70. The average molecular weight is 463 g/mol. The van der Waals surface area contributed by atoms with E-state index >= 15 is 4.39 Å². The molecule has 33 heavy (non-hydrogen) atoms. The van der Waals surface area contributed by atoms with Crippen molar-refractivity contribution in [3.05, 3.63) is 22.5 Å². The van der Waals surface area contributed by atoms with Crippen LogP contribution in [0.4, 0.5) is 9.18 Å². The van der Waals surface area contributed by atoms with Gasteiger partial charge in [-0.15, -0.1) is 0 Å². The molecule has 2 fully saturated rings. The zero-order valence-electron chi connectivity index (χ0n) is 19.7. The van der Waals surface area contributed by atoms with Crippen LogP contribution in [0.2, 0.25) is 0 Å². The summed E-state index contributed by atoms with van der Waals surface area (Å²) in [5.41, 5.74) is 0.505. The van der Waals surface area contributed by atoms with Crippen molar-refractivity contribution in [3.63, 3.8) is 0 Å². The number of hydrogen-bond acceptors (Lipinski definition) is 6. The highest BCUT2D eigenvalue weighted by Crippen LogP contribution is 2.57. The minimum atomic E-state index is -1.23. The summed E-state index contributed by atoms with van der Waals surface area (Å²) < 4.78 is 39.2. The van der Waals surface area contributed by atoms with Gasteiger partial charge in [-0.05, 0) is 53.4 Å². The highest BCUT2D eigenvalue weighted by atomic mass is 19.1. The van der Waals surface area contributed by atoms with Crippen LogP contribution in [0.3, 0.4) is 0 Å². The normalized spacial score (nSPS) is 29.3. The first-order chi connectivity index (χ1) is 15.4. The van der Waals surface area contributed by atoms with Gasteiger partial charge in [0.15, 0.2) is 11.6 Å². The van der Waals surface area contributed by atoms with E-state index in [9.17, 15) is 9.59 Å². The van der Waals surface area contributed by atoms with Gasteiger partial charge in [0.2, 0.25) is 5.75 Å². The molecule has 0 radical (unpaired) electrons. The molecule has 1 saturated heterocycles. The van der Waals surface area contributed by atoms with Gasteiger partial charge in [-0.3, -0.25) is 4.79 Å². The fourth-order valence-corrected chi connectivity index (χ4v) is 5.10. The number of benzene rings is 1. The van der Waals surface area contributed by atoms with Crippen molar-refractivity contribution in [2.24, 2.45) is 0 Å². The Kier molecular flexibility index (Phi) is 4.87. The molecule has 1 unspecified atom stereocenters. The van der Waals surface area contributed by atoms with Gasteiger partial charge >= 0.3 is 6.09 Å². The molecule has 1 saturated carbocycles. The Morgan fingerprint density at radius 1 is 1.21 bits per heavy atom. The number of fused-ring (bicyclic) bond motifs is 3. The first-order valence-electron chi connectivity index (χ1n) is 11.6. The van der Waals surface area contributed by atoms with Crippen molar-refractivity contribution < 1.29 is 32.9 Å². The summed E-state index contributed by atoms with van der Waals surface area (Å²) in [4.78, 5) is 24.7. The predicted molar refractivity (Wildman–Crippen MR) is 116 cm³/mol. The minimum Gasteiger partial charge on any atom is -0.446 e. The van der Waals surface area contributed by atoms with Crippen LogP contribution in [0.25, 0.3) is 0 Å². The van der Waals surface area contributed by atoms with E-state index in [1.165, 1.54) is 0 Å². The van der Waals surface area contributed by atoms with Crippen LogP contribution >= 0.6 is 0 Å². The van der Waals surface area contributed by atoms with Gasteiger partial charge in [-0.2, -0.15) is 0 Å². The molecule has 8 nitrogen and oxygen atoms in total. The number of amides is 2. The topological polar surface area (TPSA) is 95.1 Å². The summed E-state index contributed by atoms with van der Waals surface area (Å²) in [6.07, 6.45) is 1.89. The van der Waals surface area contributed by atoms with E-state index in [0.717, 1.165) is 12.8 Å². The van der Waals surface area contributed by atoms with E-state index in [4.69, 9.17) is 18.9 Å². The molecule has 4 aliphatic rings. The first kappa shape index (κ1) is 22.3. The van der Waals surface area contributed by atoms with Crippen molar-refractivity contribution in [3.8, 4) is 11.5 Å². The van der Waals surface area contributed by atoms with E-state index < -0.39 is 29.4 Å². The van der Waals surface area contributed by atoms with Gasteiger partial charge in [-0.25, -0.2) is 9.18 Å². The number of nitrogens with one attached hydrogen (secondary N) is 2. The van der Waals surface area contributed by atoms with Crippen LogP contribution < -0.4 is 20.1 Å². The monoisotopic (exact) mass is 462 g/mol. The zero-order valence-corrected chi connectivity index (χ0v) is 19.7. The van der Waals surface area contributed by atoms with Crippen LogP contribution in [0.5, 0.6) is 11.5 Å². The Labute approximate surface area is 192 Å². The molecule has 3 aliphatic heterocycles. The molecule has 2 amide bonds. The summed E-state index contributed by atoms with van der Waals surface area (Å²) >= 11 is 0. The Morgan fingerprint density at radius 2 is 1.91 bits per heavy atom. The number of carbonyl (C=O) groups is 2. The van der Waals surface area contributed by atoms with Gasteiger partial charge in [0.25, 0.3) is 11.7 Å². The lowest BCUT2D eigenvalue weighted by Crippen LogP contribution is -2.54. The van der Waals surface area contributed by atoms with Gasteiger partial charge < -0.3 is 29.6 Å². The predicted octanol–water partition coefficient (Wildman–Crippen LogP) is 3.47. The zero-order chi connectivity index (χ0) is 23.8. The second kappa shape index (κ2) is 7.22. The van der Waals surface area contributed by atoms with Crippen molar-refractivity contribution in [2.75, 3.05) is 13.2 Å². The van der Waals surface area contributed by atoms with E-state index in [2.05, 4.69) is 10.6 Å². The van der Waals surface area contributed by atoms with Gasteiger partial charge in [0.1, 0.15) is 11.7 Å². The third-order valence-electron chi connectivity index (χ3n) is 6.98. The second-order valence-corrected chi connectivity index (χ2v) is 10.8. The van der Waals surface area contributed by atoms with Crippen molar-refractivity contribution >= 4 is 12.0 Å². The molecule has 3 heterocycles. The van der Waals surface area contributed by atoms with E-state index in [1.807, 2.05) is 0 Å². The lowest BCUT2D eigenvalue weighted by molar-refractivity contribution is -0.186. The SMILES string of the molecule is Cc1c2c(c(F)c3c1C(=O)NCC31CC1)OC(C)([C@@H]1CC[C@@H](NC(=O)OC(C)(C)C)CO1)O2. The maximum absolute atomic E-state index is 15.7. The fraction of sp³-hybridized carbons (Fsp3) is 0.667. The molecule has 1 aliphatic carbocycles. The highest BCUT2D eigenvalue weighted by Gasteiger charge is 2.55. The second-order valence-electron chi connectivity index (χ2n) is 10.8. The lowest BCUT2D eigenvalue weighted by atomic mass is 9.84. The molecule has 180 valence electrons. The van der Waals surface area contributed by atoms with E-state index in [0.29, 0.717) is 36.1 Å². The van der Waals surface area contributed by atoms with Crippen molar-refractivity contribution in [1.29, 1.82) is 0 Å². The molecule has 1 spiro atoms. The molecule has 0 bridgehead atoms. The largest absolute Gasteiger partial charge is 0.446 e. The van der Waals surface area contributed by atoms with Gasteiger partial charge in [0.05, 0.1) is 18.2 Å². The molecule has 0 aromatic heterocycles. The summed E-state index contributed by atoms with van der Waals surface area (Å²) in [6, 6.07) is -0.201. The fourth-order valence-electron chi connectivity index (χ4n) is 5.10. The average Bonchev–Trinajstić information content (AvgIpc) is 3.40. The number of alkyl carbamates (subject to hydrolysis) is 1. The van der Waals surface area contributed by atoms with Crippen LogP contribution in [0.1, 0.15) is 74.9 Å². The Bertz CT molecular complexity index is 1020.